The van der Waals surface area contributed by atoms with E-state index in [0.717, 1.165) is 5.56 Å². The summed E-state index contributed by atoms with van der Waals surface area (Å²) in [6.45, 7) is 6.10. The van der Waals surface area contributed by atoms with E-state index in [9.17, 15) is 18.0 Å². The number of nitrogens with zero attached hydrogens (tertiary/aromatic N) is 1. The van der Waals surface area contributed by atoms with Gasteiger partial charge in [0, 0.05) is 25.1 Å². The molecule has 0 bridgehead atoms. The van der Waals surface area contributed by atoms with Gasteiger partial charge in [0.2, 0.25) is 21.8 Å². The molecule has 1 aliphatic rings. The molecule has 0 spiro atoms. The molecule has 0 saturated carbocycles. The van der Waals surface area contributed by atoms with Crippen molar-refractivity contribution in [3.63, 3.8) is 0 Å². The lowest BCUT2D eigenvalue weighted by molar-refractivity contribution is -0.130. The van der Waals surface area contributed by atoms with Crippen molar-refractivity contribution in [1.29, 1.82) is 0 Å². The second-order valence-corrected chi connectivity index (χ2v) is 11.2. The number of piperidine rings is 1. The standard InChI is InChI=1S/C26H35N3O6S/c1-17(2)24(26(31)27-22-11-8-20(34-4)16-23(22)35-5)28-25(30)19-12-14-29(15-13-19)36(32,33)21-9-6-18(3)7-10-21/h6-11,16-17,19,24H,12-15H2,1-5H3,(H,27,31)(H,28,30)/t24-/m0/s1. The Kier molecular flexibility index (Phi) is 8.97. The van der Waals surface area contributed by atoms with E-state index < -0.39 is 16.1 Å². The Morgan fingerprint density at radius 2 is 1.64 bits per heavy atom. The van der Waals surface area contributed by atoms with Gasteiger partial charge in [-0.1, -0.05) is 31.5 Å². The average molecular weight is 518 g/mol. The van der Waals surface area contributed by atoms with E-state index in [1.54, 1.807) is 49.6 Å². The van der Waals surface area contributed by atoms with Crippen molar-refractivity contribution in [2.75, 3.05) is 32.6 Å². The summed E-state index contributed by atoms with van der Waals surface area (Å²) in [6, 6.07) is 11.0. The molecule has 1 saturated heterocycles. The highest BCUT2D eigenvalue weighted by atomic mass is 32.2. The first kappa shape index (κ1) is 27.5. The second kappa shape index (κ2) is 11.7. The van der Waals surface area contributed by atoms with Gasteiger partial charge >= 0.3 is 0 Å². The summed E-state index contributed by atoms with van der Waals surface area (Å²) >= 11 is 0. The van der Waals surface area contributed by atoms with Gasteiger partial charge in [0.25, 0.3) is 0 Å². The molecular formula is C26H35N3O6S. The molecule has 0 aliphatic carbocycles. The number of anilines is 1. The quantitative estimate of drug-likeness (QED) is 0.528. The fourth-order valence-corrected chi connectivity index (χ4v) is 5.61. The summed E-state index contributed by atoms with van der Waals surface area (Å²) in [7, 11) is -0.568. The highest BCUT2D eigenvalue weighted by Crippen LogP contribution is 2.29. The first-order chi connectivity index (χ1) is 17.1. The number of carbonyl (C=O) groups is 2. The number of amides is 2. The number of ether oxygens (including phenoxy) is 2. The van der Waals surface area contributed by atoms with Crippen LogP contribution in [0.4, 0.5) is 5.69 Å². The average Bonchev–Trinajstić information content (AvgIpc) is 2.87. The van der Waals surface area contributed by atoms with Crippen LogP contribution >= 0.6 is 0 Å². The van der Waals surface area contributed by atoms with E-state index >= 15 is 0 Å². The van der Waals surface area contributed by atoms with E-state index in [1.165, 1.54) is 11.4 Å². The molecule has 1 aliphatic heterocycles. The van der Waals surface area contributed by atoms with Crippen molar-refractivity contribution in [2.45, 2.75) is 44.6 Å². The summed E-state index contributed by atoms with van der Waals surface area (Å²) in [6.07, 6.45) is 0.769. The van der Waals surface area contributed by atoms with Crippen LogP contribution in [-0.2, 0) is 19.6 Å². The van der Waals surface area contributed by atoms with Gasteiger partial charge in [-0.25, -0.2) is 8.42 Å². The van der Waals surface area contributed by atoms with Crippen LogP contribution in [0.2, 0.25) is 0 Å². The minimum absolute atomic E-state index is 0.166. The zero-order chi connectivity index (χ0) is 26.5. The van der Waals surface area contributed by atoms with Crippen LogP contribution in [0.5, 0.6) is 11.5 Å². The molecule has 1 atom stereocenters. The third-order valence-electron chi connectivity index (χ3n) is 6.40. The van der Waals surface area contributed by atoms with Gasteiger partial charge in [0.05, 0.1) is 24.8 Å². The van der Waals surface area contributed by atoms with Crippen LogP contribution in [0.3, 0.4) is 0 Å². The topological polar surface area (TPSA) is 114 Å². The molecule has 196 valence electrons. The van der Waals surface area contributed by atoms with E-state index in [1.807, 2.05) is 20.8 Å². The number of sulfonamides is 1. The maximum absolute atomic E-state index is 13.1. The van der Waals surface area contributed by atoms with E-state index in [0.29, 0.717) is 30.0 Å². The highest BCUT2D eigenvalue weighted by molar-refractivity contribution is 7.89. The Morgan fingerprint density at radius 3 is 2.19 bits per heavy atom. The lowest BCUT2D eigenvalue weighted by atomic mass is 9.95. The lowest BCUT2D eigenvalue weighted by Crippen LogP contribution is -2.50. The summed E-state index contributed by atoms with van der Waals surface area (Å²) < 4.78 is 37.9. The fraction of sp³-hybridized carbons (Fsp3) is 0.462. The maximum Gasteiger partial charge on any atom is 0.247 e. The number of hydrogen-bond acceptors (Lipinski definition) is 6. The van der Waals surface area contributed by atoms with Crippen molar-refractivity contribution in [2.24, 2.45) is 11.8 Å². The number of benzene rings is 2. The Morgan fingerprint density at radius 1 is 1.00 bits per heavy atom. The lowest BCUT2D eigenvalue weighted by Gasteiger charge is -2.32. The molecule has 2 amide bonds. The van der Waals surface area contributed by atoms with Gasteiger partial charge in [0.1, 0.15) is 17.5 Å². The number of aryl methyl sites for hydroxylation is 1. The molecule has 2 aromatic carbocycles. The molecule has 2 N–H and O–H groups in total. The first-order valence-corrected chi connectivity index (χ1v) is 13.4. The fourth-order valence-electron chi connectivity index (χ4n) is 4.14. The number of rotatable bonds is 9. The van der Waals surface area contributed by atoms with Gasteiger partial charge in [-0.2, -0.15) is 4.31 Å². The minimum Gasteiger partial charge on any atom is -0.497 e. The van der Waals surface area contributed by atoms with Crippen molar-refractivity contribution in [3.8, 4) is 11.5 Å². The third kappa shape index (κ3) is 6.36. The van der Waals surface area contributed by atoms with Gasteiger partial charge in [0.15, 0.2) is 0 Å². The molecule has 2 aromatic rings. The maximum atomic E-state index is 13.1. The molecule has 9 nitrogen and oxygen atoms in total. The SMILES string of the molecule is COc1ccc(NC(=O)[C@@H](NC(=O)C2CCN(S(=O)(=O)c3ccc(C)cc3)CC2)C(C)C)c(OC)c1. The van der Waals surface area contributed by atoms with Gasteiger partial charge < -0.3 is 20.1 Å². The smallest absolute Gasteiger partial charge is 0.247 e. The normalized spacial score (nSPS) is 15.8. The molecule has 10 heteroatoms. The predicted octanol–water partition coefficient (Wildman–Crippen LogP) is 3.19. The Labute approximate surface area is 213 Å². The number of hydrogen-bond donors (Lipinski definition) is 2. The van der Waals surface area contributed by atoms with Crippen molar-refractivity contribution in [1.82, 2.24) is 9.62 Å². The monoisotopic (exact) mass is 517 g/mol. The Bertz CT molecular complexity index is 1170. The molecular weight excluding hydrogens is 482 g/mol. The highest BCUT2D eigenvalue weighted by Gasteiger charge is 2.34. The molecule has 36 heavy (non-hydrogen) atoms. The summed E-state index contributed by atoms with van der Waals surface area (Å²) in [4.78, 5) is 26.4. The number of nitrogens with one attached hydrogen (secondary N) is 2. The Hall–Kier alpha value is -3.11. The van der Waals surface area contributed by atoms with Crippen LogP contribution in [0.15, 0.2) is 47.4 Å². The summed E-state index contributed by atoms with van der Waals surface area (Å²) in [5.74, 6) is -0.119. The molecule has 0 unspecified atom stereocenters. The molecule has 0 radical (unpaired) electrons. The second-order valence-electron chi connectivity index (χ2n) is 9.28. The van der Waals surface area contributed by atoms with Crippen LogP contribution in [0.1, 0.15) is 32.3 Å². The summed E-state index contributed by atoms with van der Waals surface area (Å²) in [5.41, 5.74) is 1.45. The third-order valence-corrected chi connectivity index (χ3v) is 8.31. The van der Waals surface area contributed by atoms with Crippen LogP contribution in [0, 0.1) is 18.8 Å². The van der Waals surface area contributed by atoms with Crippen LogP contribution in [0.25, 0.3) is 0 Å². The molecule has 0 aromatic heterocycles. The molecule has 1 fully saturated rings. The predicted molar refractivity (Wildman–Crippen MR) is 138 cm³/mol. The zero-order valence-corrected chi connectivity index (χ0v) is 22.2. The minimum atomic E-state index is -3.61. The van der Waals surface area contributed by atoms with Crippen molar-refractivity contribution < 1.29 is 27.5 Å². The molecule has 1 heterocycles. The number of methoxy groups -OCH3 is 2. The van der Waals surface area contributed by atoms with E-state index in [2.05, 4.69) is 10.6 Å². The van der Waals surface area contributed by atoms with Crippen LogP contribution < -0.4 is 20.1 Å². The molecule has 3 rings (SSSR count). The number of carbonyl (C=O) groups excluding carboxylic acids is 2. The zero-order valence-electron chi connectivity index (χ0n) is 21.4. The van der Waals surface area contributed by atoms with Crippen molar-refractivity contribution >= 4 is 27.5 Å². The van der Waals surface area contributed by atoms with E-state index in [-0.39, 0.29) is 41.6 Å². The van der Waals surface area contributed by atoms with Gasteiger partial charge in [-0.3, -0.25) is 9.59 Å². The van der Waals surface area contributed by atoms with Crippen molar-refractivity contribution in [3.05, 3.63) is 48.0 Å². The first-order valence-electron chi connectivity index (χ1n) is 12.0. The van der Waals surface area contributed by atoms with Gasteiger partial charge in [-0.15, -0.1) is 0 Å². The Balaban J connectivity index is 1.62. The van der Waals surface area contributed by atoms with Gasteiger partial charge in [-0.05, 0) is 49.9 Å². The summed E-state index contributed by atoms with van der Waals surface area (Å²) in [5, 5.41) is 5.70. The largest absolute Gasteiger partial charge is 0.497 e. The van der Waals surface area contributed by atoms with Crippen LogP contribution in [-0.4, -0.2) is 57.9 Å². The van der Waals surface area contributed by atoms with E-state index in [4.69, 9.17) is 9.47 Å².